The summed E-state index contributed by atoms with van der Waals surface area (Å²) in [4.78, 5) is 17.6. The maximum Gasteiger partial charge on any atom is 0.261 e. The summed E-state index contributed by atoms with van der Waals surface area (Å²) in [6, 6.07) is 8.02. The topological polar surface area (TPSA) is 51.2 Å². The summed E-state index contributed by atoms with van der Waals surface area (Å²) in [5.74, 6) is 0.463. The lowest BCUT2D eigenvalue weighted by Crippen LogP contribution is -2.18. The minimum absolute atomic E-state index is 0.155. The van der Waals surface area contributed by atoms with Crippen molar-refractivity contribution in [3.63, 3.8) is 0 Å². The second-order valence-corrected chi connectivity index (χ2v) is 6.54. The molecule has 1 amide bonds. The number of aryl methyl sites for hydroxylation is 4. The number of benzene rings is 1. The first kappa shape index (κ1) is 20.0. The zero-order valence-electron chi connectivity index (χ0n) is 16.6. The maximum absolute atomic E-state index is 13.1. The van der Waals surface area contributed by atoms with Crippen molar-refractivity contribution >= 4 is 11.6 Å². The van der Waals surface area contributed by atoms with Crippen LogP contribution in [0.3, 0.4) is 0 Å². The van der Waals surface area contributed by atoms with Crippen LogP contribution in [0.1, 0.15) is 66.5 Å². The van der Waals surface area contributed by atoms with Crippen molar-refractivity contribution in [2.75, 3.05) is 11.9 Å². The smallest absolute Gasteiger partial charge is 0.261 e. The van der Waals surface area contributed by atoms with Crippen molar-refractivity contribution in [2.45, 2.75) is 60.3 Å². The Morgan fingerprint density at radius 1 is 1.12 bits per heavy atom. The van der Waals surface area contributed by atoms with Crippen LogP contribution in [0, 0.1) is 13.8 Å². The van der Waals surface area contributed by atoms with Crippen LogP contribution in [-0.4, -0.2) is 17.5 Å². The van der Waals surface area contributed by atoms with E-state index in [4.69, 9.17) is 4.74 Å². The van der Waals surface area contributed by atoms with Gasteiger partial charge < -0.3 is 10.1 Å². The van der Waals surface area contributed by atoms with E-state index in [2.05, 4.69) is 43.2 Å². The number of anilines is 1. The Hall–Kier alpha value is -2.36. The molecule has 4 nitrogen and oxygen atoms in total. The van der Waals surface area contributed by atoms with Crippen molar-refractivity contribution in [3.05, 3.63) is 52.3 Å². The van der Waals surface area contributed by atoms with Gasteiger partial charge in [-0.1, -0.05) is 45.4 Å². The highest BCUT2D eigenvalue weighted by Crippen LogP contribution is 2.27. The largest absolute Gasteiger partial charge is 0.493 e. The third-order valence-corrected chi connectivity index (χ3v) is 4.51. The number of ether oxygens (including phenoxy) is 1. The molecular weight excluding hydrogens is 324 g/mol. The Bertz CT molecular complexity index is 747. The van der Waals surface area contributed by atoms with E-state index in [1.54, 1.807) is 0 Å². The van der Waals surface area contributed by atoms with Crippen LogP contribution in [-0.2, 0) is 12.8 Å². The summed E-state index contributed by atoms with van der Waals surface area (Å²) in [5, 5.41) is 3.13. The predicted molar refractivity (Wildman–Crippen MR) is 107 cm³/mol. The molecule has 1 aromatic heterocycles. The molecule has 0 bridgehead atoms. The minimum Gasteiger partial charge on any atom is -0.493 e. The molecule has 1 N–H and O–H groups in total. The molecule has 26 heavy (non-hydrogen) atoms. The molecule has 0 spiro atoms. The molecule has 0 aliphatic carbocycles. The fourth-order valence-corrected chi connectivity index (χ4v) is 3.09. The molecule has 0 fully saturated rings. The van der Waals surface area contributed by atoms with Gasteiger partial charge in [0.1, 0.15) is 11.3 Å². The fraction of sp³-hybridized carbons (Fsp3) is 0.455. The van der Waals surface area contributed by atoms with Crippen molar-refractivity contribution in [1.82, 2.24) is 4.98 Å². The van der Waals surface area contributed by atoms with Crippen molar-refractivity contribution in [2.24, 2.45) is 0 Å². The molecule has 2 aromatic rings. The van der Waals surface area contributed by atoms with Gasteiger partial charge in [-0.05, 0) is 44.2 Å². The van der Waals surface area contributed by atoms with E-state index in [9.17, 15) is 4.79 Å². The number of amides is 1. The Kier molecular flexibility index (Phi) is 7.19. The molecule has 0 radical (unpaired) electrons. The first-order valence-electron chi connectivity index (χ1n) is 9.54. The molecule has 0 atom stereocenters. The quantitative estimate of drug-likeness (QED) is 0.658. The van der Waals surface area contributed by atoms with Crippen LogP contribution < -0.4 is 10.1 Å². The number of hydrogen-bond acceptors (Lipinski definition) is 3. The molecule has 0 aliphatic heterocycles. The van der Waals surface area contributed by atoms with E-state index in [-0.39, 0.29) is 5.91 Å². The molecule has 140 valence electrons. The number of nitrogens with zero attached hydrogens (tertiary/aromatic N) is 1. The number of nitrogens with one attached hydrogen (secondary N) is 1. The third kappa shape index (κ3) is 4.63. The van der Waals surface area contributed by atoms with Crippen LogP contribution in [0.2, 0.25) is 0 Å². The Morgan fingerprint density at radius 2 is 1.77 bits per heavy atom. The zero-order chi connectivity index (χ0) is 19.1. The van der Waals surface area contributed by atoms with Gasteiger partial charge in [0.05, 0.1) is 12.3 Å². The van der Waals surface area contributed by atoms with E-state index < -0.39 is 0 Å². The van der Waals surface area contributed by atoms with Crippen molar-refractivity contribution < 1.29 is 9.53 Å². The molecule has 1 aromatic carbocycles. The number of unbranched alkanes of at least 4 members (excludes halogenated alkanes) is 1. The number of para-hydroxylation sites is 1. The van der Waals surface area contributed by atoms with E-state index in [0.29, 0.717) is 23.6 Å². The molecule has 0 aliphatic rings. The zero-order valence-corrected chi connectivity index (χ0v) is 16.6. The van der Waals surface area contributed by atoms with Gasteiger partial charge in [0, 0.05) is 17.4 Å². The van der Waals surface area contributed by atoms with E-state index in [0.717, 1.165) is 48.2 Å². The molecule has 0 unspecified atom stereocenters. The lowest BCUT2D eigenvalue weighted by atomic mass is 10.0. The molecule has 4 heteroatoms. The molecule has 1 heterocycles. The van der Waals surface area contributed by atoms with Crippen LogP contribution in [0.15, 0.2) is 24.3 Å². The second-order valence-electron chi connectivity index (χ2n) is 6.54. The average Bonchev–Trinajstić information content (AvgIpc) is 2.61. The van der Waals surface area contributed by atoms with Crippen LogP contribution in [0.4, 0.5) is 5.69 Å². The molecule has 0 saturated carbocycles. The molecular formula is C22H30N2O2. The number of carbonyl (C=O) groups is 1. The van der Waals surface area contributed by atoms with Crippen LogP contribution in [0.25, 0.3) is 0 Å². The highest BCUT2D eigenvalue weighted by Gasteiger charge is 2.20. The predicted octanol–water partition coefficient (Wildman–Crippen LogP) is 5.25. The lowest BCUT2D eigenvalue weighted by Gasteiger charge is -2.17. The average molecular weight is 354 g/mol. The first-order valence-corrected chi connectivity index (χ1v) is 9.54. The SMILES string of the molecule is CCCCOc1cc(C)nc(C)c1C(=O)Nc1c(CC)cccc1CC. The fourth-order valence-electron chi connectivity index (χ4n) is 3.09. The highest BCUT2D eigenvalue weighted by atomic mass is 16.5. The van der Waals surface area contributed by atoms with Gasteiger partial charge in [0.2, 0.25) is 0 Å². The summed E-state index contributed by atoms with van der Waals surface area (Å²) in [5.41, 5.74) is 5.28. The highest BCUT2D eigenvalue weighted by molar-refractivity contribution is 6.07. The van der Waals surface area contributed by atoms with Crippen molar-refractivity contribution in [3.8, 4) is 5.75 Å². The monoisotopic (exact) mass is 354 g/mol. The van der Waals surface area contributed by atoms with Gasteiger partial charge in [-0.2, -0.15) is 0 Å². The van der Waals surface area contributed by atoms with E-state index in [1.807, 2.05) is 26.0 Å². The number of pyridine rings is 1. The summed E-state index contributed by atoms with van der Waals surface area (Å²) in [6.07, 6.45) is 3.75. The summed E-state index contributed by atoms with van der Waals surface area (Å²) in [6.45, 7) is 10.7. The molecule has 2 rings (SSSR count). The van der Waals surface area contributed by atoms with Gasteiger partial charge >= 0.3 is 0 Å². The van der Waals surface area contributed by atoms with E-state index in [1.165, 1.54) is 0 Å². The molecule has 0 saturated heterocycles. The van der Waals surface area contributed by atoms with Gasteiger partial charge in [-0.15, -0.1) is 0 Å². The normalized spacial score (nSPS) is 10.7. The van der Waals surface area contributed by atoms with Gasteiger partial charge in [0.15, 0.2) is 0 Å². The Morgan fingerprint density at radius 3 is 2.35 bits per heavy atom. The lowest BCUT2D eigenvalue weighted by molar-refractivity contribution is 0.102. The Labute approximate surface area is 157 Å². The number of carbonyl (C=O) groups excluding carboxylic acids is 1. The second kappa shape index (κ2) is 9.37. The summed E-state index contributed by atoms with van der Waals surface area (Å²) >= 11 is 0. The standard InChI is InChI=1S/C22H30N2O2/c1-6-9-13-26-19-14-15(4)23-16(5)20(19)22(25)24-21-17(7-2)11-10-12-18(21)8-3/h10-12,14H,6-9,13H2,1-5H3,(H,24,25). The van der Waals surface area contributed by atoms with Gasteiger partial charge in [0.25, 0.3) is 5.91 Å². The van der Waals surface area contributed by atoms with Gasteiger partial charge in [-0.25, -0.2) is 0 Å². The maximum atomic E-state index is 13.1. The van der Waals surface area contributed by atoms with Gasteiger partial charge in [-0.3, -0.25) is 9.78 Å². The van der Waals surface area contributed by atoms with Crippen molar-refractivity contribution in [1.29, 1.82) is 0 Å². The number of hydrogen-bond donors (Lipinski definition) is 1. The summed E-state index contributed by atoms with van der Waals surface area (Å²) < 4.78 is 5.91. The Balaban J connectivity index is 2.38. The minimum atomic E-state index is -0.155. The number of aromatic nitrogens is 1. The first-order chi connectivity index (χ1) is 12.5. The van der Waals surface area contributed by atoms with E-state index >= 15 is 0 Å². The third-order valence-electron chi connectivity index (χ3n) is 4.51. The van der Waals surface area contributed by atoms with Crippen LogP contribution >= 0.6 is 0 Å². The van der Waals surface area contributed by atoms with Crippen LogP contribution in [0.5, 0.6) is 5.75 Å². The number of rotatable bonds is 8. The summed E-state index contributed by atoms with van der Waals surface area (Å²) in [7, 11) is 0.